The average Bonchev–Trinajstić information content (AvgIpc) is 2.77. The van der Waals surface area contributed by atoms with E-state index in [4.69, 9.17) is 10.5 Å². The largest absolute Gasteiger partial charge is 0.252 e. The van der Waals surface area contributed by atoms with Crippen molar-refractivity contribution in [1.29, 1.82) is 10.5 Å². The molecule has 2 rings (SSSR count). The molecule has 1 aromatic carbocycles. The van der Waals surface area contributed by atoms with E-state index in [2.05, 4.69) is 32.1 Å². The van der Waals surface area contributed by atoms with E-state index in [0.717, 1.165) is 4.47 Å². The second-order valence-electron chi connectivity index (χ2n) is 2.90. The van der Waals surface area contributed by atoms with Crippen LogP contribution in [0, 0.1) is 22.7 Å². The fourth-order valence-electron chi connectivity index (χ4n) is 1.22. The van der Waals surface area contributed by atoms with Crippen LogP contribution in [0.3, 0.4) is 0 Å². The lowest BCUT2D eigenvalue weighted by Crippen LogP contribution is -1.98. The summed E-state index contributed by atoms with van der Waals surface area (Å²) in [4.78, 5) is 3.78. The topological polar surface area (TPSA) is 78.3 Å². The molecular weight excluding hydrogens is 270 g/mol. The summed E-state index contributed by atoms with van der Waals surface area (Å²) >= 11 is 3.31. The molecule has 6 heteroatoms. The third-order valence-corrected chi connectivity index (χ3v) is 2.41. The maximum atomic E-state index is 8.94. The zero-order valence-corrected chi connectivity index (χ0v) is 9.51. The zero-order valence-electron chi connectivity index (χ0n) is 7.92. The van der Waals surface area contributed by atoms with E-state index in [1.54, 1.807) is 18.2 Å². The number of rotatable bonds is 1. The van der Waals surface area contributed by atoms with E-state index < -0.39 is 0 Å². The third kappa shape index (κ3) is 1.79. The highest BCUT2D eigenvalue weighted by Crippen LogP contribution is 2.19. The van der Waals surface area contributed by atoms with Crippen LogP contribution in [0.2, 0.25) is 0 Å². The molecule has 5 nitrogen and oxygen atoms in total. The van der Waals surface area contributed by atoms with Crippen LogP contribution in [0.4, 0.5) is 0 Å². The van der Waals surface area contributed by atoms with Gasteiger partial charge in [-0.25, -0.2) is 9.67 Å². The molecule has 2 aromatic rings. The van der Waals surface area contributed by atoms with Crippen LogP contribution in [0.25, 0.3) is 5.69 Å². The lowest BCUT2D eigenvalue weighted by atomic mass is 10.2. The van der Waals surface area contributed by atoms with Gasteiger partial charge in [-0.05, 0) is 18.2 Å². The molecule has 0 saturated heterocycles. The first-order valence-electron chi connectivity index (χ1n) is 4.26. The molecule has 0 bridgehead atoms. The number of halogens is 1. The van der Waals surface area contributed by atoms with E-state index in [1.807, 2.05) is 6.07 Å². The van der Waals surface area contributed by atoms with Gasteiger partial charge >= 0.3 is 0 Å². The van der Waals surface area contributed by atoms with E-state index >= 15 is 0 Å². The van der Waals surface area contributed by atoms with E-state index in [1.165, 1.54) is 11.0 Å². The molecule has 0 amide bonds. The summed E-state index contributed by atoms with van der Waals surface area (Å²) in [7, 11) is 0. The predicted octanol–water partition coefficient (Wildman–Crippen LogP) is 1.77. The molecule has 1 heterocycles. The van der Waals surface area contributed by atoms with E-state index in [-0.39, 0.29) is 5.82 Å². The second kappa shape index (κ2) is 4.13. The molecule has 0 aliphatic heterocycles. The Balaban J connectivity index is 2.60. The van der Waals surface area contributed by atoms with Crippen molar-refractivity contribution in [3.63, 3.8) is 0 Å². The maximum Gasteiger partial charge on any atom is 0.252 e. The highest BCUT2D eigenvalue weighted by atomic mass is 79.9. The molecule has 0 fully saturated rings. The molecule has 0 unspecified atom stereocenters. The Hall–Kier alpha value is -2.18. The lowest BCUT2D eigenvalue weighted by Gasteiger charge is -2.02. The first kappa shape index (κ1) is 10.3. The molecule has 0 aliphatic carbocycles. The smallest absolute Gasteiger partial charge is 0.218 e. The predicted molar refractivity (Wildman–Crippen MR) is 58.5 cm³/mol. The molecule has 0 aliphatic rings. The quantitative estimate of drug-likeness (QED) is 0.793. The van der Waals surface area contributed by atoms with Crippen molar-refractivity contribution in [3.8, 4) is 17.8 Å². The van der Waals surface area contributed by atoms with Gasteiger partial charge in [-0.15, -0.1) is 5.10 Å². The SMILES string of the molecule is N#Cc1ncn(-c2cc(Br)ccc2C#N)n1. The summed E-state index contributed by atoms with van der Waals surface area (Å²) in [5.41, 5.74) is 1.06. The number of benzene rings is 1. The minimum absolute atomic E-state index is 0.0730. The number of aromatic nitrogens is 3. The van der Waals surface area contributed by atoms with Gasteiger partial charge in [0.1, 0.15) is 18.5 Å². The van der Waals surface area contributed by atoms with Crippen molar-refractivity contribution in [2.24, 2.45) is 0 Å². The van der Waals surface area contributed by atoms with Crippen LogP contribution in [-0.2, 0) is 0 Å². The van der Waals surface area contributed by atoms with Crippen LogP contribution in [0.1, 0.15) is 11.4 Å². The summed E-state index contributed by atoms with van der Waals surface area (Å²) in [6.07, 6.45) is 1.40. The van der Waals surface area contributed by atoms with Crippen LogP contribution in [-0.4, -0.2) is 14.8 Å². The Morgan fingerprint density at radius 3 is 2.69 bits per heavy atom. The van der Waals surface area contributed by atoms with Crippen molar-refractivity contribution < 1.29 is 0 Å². The summed E-state index contributed by atoms with van der Waals surface area (Å²) in [6.45, 7) is 0. The Bertz CT molecular complexity index is 617. The molecule has 0 radical (unpaired) electrons. The van der Waals surface area contributed by atoms with Crippen LogP contribution >= 0.6 is 15.9 Å². The zero-order chi connectivity index (χ0) is 11.5. The minimum Gasteiger partial charge on any atom is -0.218 e. The maximum absolute atomic E-state index is 8.94. The molecule has 16 heavy (non-hydrogen) atoms. The third-order valence-electron chi connectivity index (χ3n) is 1.92. The first-order chi connectivity index (χ1) is 7.74. The van der Waals surface area contributed by atoms with Gasteiger partial charge < -0.3 is 0 Å². The van der Waals surface area contributed by atoms with Crippen LogP contribution in [0.15, 0.2) is 29.0 Å². The molecule has 0 saturated carbocycles. The summed E-state index contributed by atoms with van der Waals surface area (Å²) in [5, 5.41) is 21.5. The van der Waals surface area contributed by atoms with Crippen LogP contribution < -0.4 is 0 Å². The number of nitrogens with zero attached hydrogens (tertiary/aromatic N) is 5. The van der Waals surface area contributed by atoms with Gasteiger partial charge in [0.15, 0.2) is 0 Å². The molecule has 0 N–H and O–H groups in total. The minimum atomic E-state index is 0.0730. The normalized spacial score (nSPS) is 9.44. The molecular formula is C10H4BrN5. The standard InChI is InChI=1S/C10H4BrN5/c11-8-2-1-7(4-12)9(3-8)16-6-14-10(5-13)15-16/h1-3,6H. The van der Waals surface area contributed by atoms with Gasteiger partial charge in [0.25, 0.3) is 5.82 Å². The summed E-state index contributed by atoms with van der Waals surface area (Å²) in [5.74, 6) is 0.0730. The number of hydrogen-bond acceptors (Lipinski definition) is 4. The highest BCUT2D eigenvalue weighted by molar-refractivity contribution is 9.10. The molecule has 0 atom stereocenters. The van der Waals surface area contributed by atoms with Gasteiger partial charge in [-0.2, -0.15) is 10.5 Å². The first-order valence-corrected chi connectivity index (χ1v) is 5.05. The average molecular weight is 274 g/mol. The second-order valence-corrected chi connectivity index (χ2v) is 3.81. The Morgan fingerprint density at radius 2 is 2.06 bits per heavy atom. The van der Waals surface area contributed by atoms with Gasteiger partial charge in [-0.3, -0.25) is 0 Å². The monoisotopic (exact) mass is 273 g/mol. The molecule has 0 spiro atoms. The van der Waals surface area contributed by atoms with E-state index in [0.29, 0.717) is 11.3 Å². The Morgan fingerprint density at radius 1 is 1.25 bits per heavy atom. The van der Waals surface area contributed by atoms with Gasteiger partial charge in [-0.1, -0.05) is 15.9 Å². The van der Waals surface area contributed by atoms with Gasteiger partial charge in [0, 0.05) is 4.47 Å². The van der Waals surface area contributed by atoms with E-state index in [9.17, 15) is 0 Å². The molecule has 76 valence electrons. The number of nitriles is 2. The summed E-state index contributed by atoms with van der Waals surface area (Å²) in [6, 6.07) is 9.07. The Labute approximate surface area is 99.7 Å². The number of hydrogen-bond donors (Lipinski definition) is 0. The lowest BCUT2D eigenvalue weighted by molar-refractivity contribution is 0.869. The highest BCUT2D eigenvalue weighted by Gasteiger charge is 2.07. The fraction of sp³-hybridized carbons (Fsp3) is 0. The van der Waals surface area contributed by atoms with Crippen molar-refractivity contribution in [2.45, 2.75) is 0 Å². The van der Waals surface area contributed by atoms with Gasteiger partial charge in [0.05, 0.1) is 11.3 Å². The van der Waals surface area contributed by atoms with Crippen LogP contribution in [0.5, 0.6) is 0 Å². The summed E-state index contributed by atoms with van der Waals surface area (Å²) < 4.78 is 2.23. The Kier molecular flexibility index (Phi) is 2.67. The van der Waals surface area contributed by atoms with Crippen molar-refractivity contribution in [1.82, 2.24) is 14.8 Å². The fourth-order valence-corrected chi connectivity index (χ4v) is 1.57. The molecule has 1 aromatic heterocycles. The van der Waals surface area contributed by atoms with Crippen molar-refractivity contribution >= 4 is 15.9 Å². The van der Waals surface area contributed by atoms with Gasteiger partial charge in [0.2, 0.25) is 0 Å². The van der Waals surface area contributed by atoms with Crippen molar-refractivity contribution in [3.05, 3.63) is 40.4 Å². The van der Waals surface area contributed by atoms with Crippen molar-refractivity contribution in [2.75, 3.05) is 0 Å².